The Bertz CT molecular complexity index is 6240. The van der Waals surface area contributed by atoms with Crippen LogP contribution in [0.1, 0.15) is 31.9 Å². The molecule has 0 atom stereocenters. The Hall–Kier alpha value is -13.1. The number of hydrogen-bond donors (Lipinski definition) is 0. The fourth-order valence-electron chi connectivity index (χ4n) is 17.7. The van der Waals surface area contributed by atoms with Crippen molar-refractivity contribution >= 4 is 120 Å². The van der Waals surface area contributed by atoms with Crippen LogP contribution in [0.3, 0.4) is 0 Å². The lowest BCUT2D eigenvalue weighted by Gasteiger charge is -2.42. The van der Waals surface area contributed by atoms with Crippen molar-refractivity contribution in [3.05, 3.63) is 405 Å². The van der Waals surface area contributed by atoms with Gasteiger partial charge in [0.2, 0.25) is 0 Å². The Labute approximate surface area is 634 Å². The van der Waals surface area contributed by atoms with Gasteiger partial charge in [0, 0.05) is 33.8 Å². The van der Waals surface area contributed by atoms with Crippen LogP contribution in [-0.4, -0.2) is 27.4 Å². The molecule has 0 fully saturated rings. The monoisotopic (exact) mass is 1410 g/mol. The summed E-state index contributed by atoms with van der Waals surface area (Å²) < 4.78 is 10.3. The van der Waals surface area contributed by atoms with Crippen LogP contribution < -0.4 is 67.5 Å². The molecule has 0 unspecified atom stereocenters. The fraction of sp³-hybridized carbons (Fsp3) is 0.0396. The van der Waals surface area contributed by atoms with Crippen LogP contribution in [0, 0.1) is 11.3 Å². The highest BCUT2D eigenvalue weighted by atomic mass is 28.3. The first-order chi connectivity index (χ1) is 53.1. The highest BCUT2D eigenvalue weighted by Gasteiger charge is 2.47. The van der Waals surface area contributed by atoms with Crippen LogP contribution in [0.5, 0.6) is 11.5 Å². The third-order valence-electron chi connectivity index (χ3n) is 22.7. The SMILES string of the molecule is CC(C)(C)c1ccc(N2c3cc(-c4ccc([Si](c5ccccc5)(c5ccccc5)c5cccc(-c6ccccc6)c5)cc4)ccc3B3c4ccc([Si](c5ccccc5)(c5ccccc5)c5cccc(-c6ccccc6)c5)cc4Oc4cc(-n5c6ccccc6c6cc(C#N)ccc65)cc2c43)c(-c2ccccc2)c1. The second-order valence-electron chi connectivity index (χ2n) is 29.8. The maximum atomic E-state index is 10.4. The Morgan fingerprint density at radius 3 is 1.32 bits per heavy atom. The minimum Gasteiger partial charge on any atom is -0.458 e. The zero-order valence-corrected chi connectivity index (χ0v) is 62.4. The average molecular weight is 1410 g/mol. The van der Waals surface area contributed by atoms with Gasteiger partial charge in [-0.05, 0) is 162 Å². The van der Waals surface area contributed by atoms with Gasteiger partial charge in [-0.25, -0.2) is 0 Å². The summed E-state index contributed by atoms with van der Waals surface area (Å²) >= 11 is 0. The van der Waals surface area contributed by atoms with E-state index in [1.165, 1.54) is 74.8 Å². The Morgan fingerprint density at radius 1 is 0.315 bits per heavy atom. The summed E-state index contributed by atoms with van der Waals surface area (Å²) in [6.45, 7) is 6.66. The van der Waals surface area contributed by atoms with E-state index in [1.807, 2.05) is 12.1 Å². The van der Waals surface area contributed by atoms with E-state index in [0.717, 1.165) is 89.2 Å². The topological polar surface area (TPSA) is 41.2 Å². The maximum Gasteiger partial charge on any atom is 0.256 e. The first-order valence-corrected chi connectivity index (χ1v) is 41.4. The molecular weight excluding hydrogens is 1340 g/mol. The second kappa shape index (κ2) is 26.8. The van der Waals surface area contributed by atoms with E-state index in [-0.39, 0.29) is 12.1 Å². The molecule has 17 aromatic rings. The van der Waals surface area contributed by atoms with Crippen molar-refractivity contribution in [2.45, 2.75) is 26.2 Å². The molecule has 0 bridgehead atoms. The van der Waals surface area contributed by atoms with Crippen molar-refractivity contribution in [3.8, 4) is 67.8 Å². The summed E-state index contributed by atoms with van der Waals surface area (Å²) in [6.07, 6.45) is 0. The number of rotatable bonds is 14. The fourth-order valence-corrected chi connectivity index (χ4v) is 27.2. The van der Waals surface area contributed by atoms with Crippen LogP contribution >= 0.6 is 0 Å². The number of hydrogen-bond acceptors (Lipinski definition) is 3. The van der Waals surface area contributed by atoms with Crippen LogP contribution in [-0.2, 0) is 5.41 Å². The molecule has 16 aromatic carbocycles. The Kier molecular flexibility index (Phi) is 16.3. The van der Waals surface area contributed by atoms with Gasteiger partial charge in [0.1, 0.15) is 11.5 Å². The summed E-state index contributed by atoms with van der Waals surface area (Å²) in [6, 6.07) is 149. The minimum atomic E-state index is -3.20. The third-order valence-corrected chi connectivity index (χ3v) is 32.3. The lowest BCUT2D eigenvalue weighted by atomic mass is 9.34. The zero-order chi connectivity index (χ0) is 72.5. The predicted molar refractivity (Wildman–Crippen MR) is 459 cm³/mol. The van der Waals surface area contributed by atoms with Gasteiger partial charge in [0.25, 0.3) is 6.71 Å². The van der Waals surface area contributed by atoms with Crippen LogP contribution in [0.2, 0.25) is 0 Å². The molecule has 1 aromatic heterocycles. The van der Waals surface area contributed by atoms with Crippen molar-refractivity contribution in [1.82, 2.24) is 4.57 Å². The van der Waals surface area contributed by atoms with Gasteiger partial charge >= 0.3 is 0 Å². The molecule has 0 radical (unpaired) electrons. The van der Waals surface area contributed by atoms with Crippen LogP contribution in [0.4, 0.5) is 17.1 Å². The number of aromatic nitrogens is 1. The van der Waals surface area contributed by atoms with Gasteiger partial charge in [-0.1, -0.05) is 354 Å². The molecule has 108 heavy (non-hydrogen) atoms. The number of fused-ring (bicyclic) bond motifs is 7. The summed E-state index contributed by atoms with van der Waals surface area (Å²) in [5.74, 6) is 1.62. The number of ether oxygens (including phenoxy) is 1. The van der Waals surface area contributed by atoms with E-state index in [1.54, 1.807) is 0 Å². The largest absolute Gasteiger partial charge is 0.458 e. The number of nitriles is 1. The van der Waals surface area contributed by atoms with Crippen molar-refractivity contribution in [2.75, 3.05) is 4.90 Å². The predicted octanol–water partition coefficient (Wildman–Crippen LogP) is 17.8. The molecule has 19 rings (SSSR count). The highest BCUT2D eigenvalue weighted by Crippen LogP contribution is 2.48. The molecule has 2 aliphatic heterocycles. The Balaban J connectivity index is 0.873. The van der Waals surface area contributed by atoms with Crippen molar-refractivity contribution in [2.24, 2.45) is 0 Å². The Morgan fingerprint density at radius 2 is 0.759 bits per heavy atom. The molecule has 0 saturated carbocycles. The smallest absolute Gasteiger partial charge is 0.256 e. The summed E-state index contributed by atoms with van der Waals surface area (Å²) in [4.78, 5) is 2.57. The maximum absolute atomic E-state index is 10.4. The summed E-state index contributed by atoms with van der Waals surface area (Å²) in [5.41, 5.74) is 20.5. The lowest BCUT2D eigenvalue weighted by molar-refractivity contribution is 0.487. The molecule has 0 saturated heterocycles. The molecule has 0 aliphatic carbocycles. The molecule has 7 heteroatoms. The standard InChI is InChI=1S/C101H74BN3OSi2/c1-101(2,3)78-53-60-94(89(65-78)74-33-15-6-16-34-74)105-96-64-77(73-50-54-84(55-51-73)107(80-37-17-7-18-38-80,81-39-19-8-20-40-81)85-45-27-35-75(62-85)71-29-11-4-12-30-71)52-57-91(96)102-92-58-56-87(108(82-41-21-9-22-42-82,83-43-23-10-24-44-83)86-46-28-36-76(63-86)72-31-13-5-14-32-72)68-98(92)106-99-67-79(66-97(105)100(99)102)104-93-48-26-25-47-88(93)90-61-70(69-103)49-59-95(90)104/h4-68H,1-3H3. The molecule has 510 valence electrons. The number of benzene rings is 16. The molecule has 4 nitrogen and oxygen atoms in total. The average Bonchev–Trinajstić information content (AvgIpc) is 0.824. The normalized spacial score (nSPS) is 12.4. The highest BCUT2D eigenvalue weighted by molar-refractivity contribution is 7.20. The van der Waals surface area contributed by atoms with Crippen molar-refractivity contribution in [1.29, 1.82) is 5.26 Å². The van der Waals surface area contributed by atoms with Gasteiger partial charge in [-0.15, -0.1) is 0 Å². The molecule has 0 N–H and O–H groups in total. The number of nitrogens with zero attached hydrogens (tertiary/aromatic N) is 3. The number of anilines is 3. The van der Waals surface area contributed by atoms with Gasteiger partial charge in [0.15, 0.2) is 16.1 Å². The van der Waals surface area contributed by atoms with E-state index in [2.05, 4.69) is 418 Å². The molecule has 0 amide bonds. The quantitative estimate of drug-likeness (QED) is 0.0805. The third kappa shape index (κ3) is 10.9. The van der Waals surface area contributed by atoms with E-state index in [9.17, 15) is 5.26 Å². The first kappa shape index (κ1) is 65.7. The number of para-hydroxylation sites is 1. The summed E-state index contributed by atoms with van der Waals surface area (Å²) in [7, 11) is -6.20. The van der Waals surface area contributed by atoms with E-state index < -0.39 is 16.1 Å². The second-order valence-corrected chi connectivity index (χ2v) is 37.4. The van der Waals surface area contributed by atoms with Crippen molar-refractivity contribution in [3.63, 3.8) is 0 Å². The molecule has 0 spiro atoms. The van der Waals surface area contributed by atoms with Crippen LogP contribution in [0.25, 0.3) is 72.0 Å². The van der Waals surface area contributed by atoms with E-state index in [4.69, 9.17) is 4.74 Å². The zero-order valence-electron chi connectivity index (χ0n) is 60.4. The van der Waals surface area contributed by atoms with Crippen LogP contribution in [0.15, 0.2) is 394 Å². The molecule has 3 heterocycles. The summed E-state index contributed by atoms with van der Waals surface area (Å²) in [5, 5.41) is 22.9. The van der Waals surface area contributed by atoms with Gasteiger partial charge in [-0.2, -0.15) is 5.26 Å². The lowest BCUT2D eigenvalue weighted by Crippen LogP contribution is -2.75. The van der Waals surface area contributed by atoms with E-state index >= 15 is 0 Å². The minimum absolute atomic E-state index is 0.151. The van der Waals surface area contributed by atoms with Gasteiger partial charge < -0.3 is 14.2 Å². The first-order valence-electron chi connectivity index (χ1n) is 37.4. The molecule has 2 aliphatic rings. The van der Waals surface area contributed by atoms with Gasteiger partial charge in [-0.3, -0.25) is 0 Å². The van der Waals surface area contributed by atoms with Gasteiger partial charge in [0.05, 0.1) is 34.0 Å². The van der Waals surface area contributed by atoms with E-state index in [0.29, 0.717) is 5.56 Å². The van der Waals surface area contributed by atoms with Crippen molar-refractivity contribution < 1.29 is 4.74 Å². The molecular formula is C101H74BN3OSi2.